The summed E-state index contributed by atoms with van der Waals surface area (Å²) in [7, 11) is 0. The maximum Gasteiger partial charge on any atom is 0.372 e. The van der Waals surface area contributed by atoms with Gasteiger partial charge in [0.1, 0.15) is 0 Å². The normalized spacial score (nSPS) is 14.7. The molecule has 0 aromatic rings. The molecular formula is C4H6O3. The van der Waals surface area contributed by atoms with Crippen molar-refractivity contribution in [3.8, 4) is 0 Å². The summed E-state index contributed by atoms with van der Waals surface area (Å²) in [5.74, 6) is -2.60. The fraction of sp³-hybridized carbons (Fsp3) is 0.500. The Hall–Kier alpha value is -0.860. The molecule has 0 spiro atoms. The first-order chi connectivity index (χ1) is 3.55. The lowest BCUT2D eigenvalue weighted by Crippen LogP contribution is -2.09. The molecule has 1 atom stereocenters. The summed E-state index contributed by atoms with van der Waals surface area (Å²) < 4.78 is 6.58. The number of aliphatic carboxylic acids is 1. The van der Waals surface area contributed by atoms with Gasteiger partial charge in [-0.25, -0.2) is 4.79 Å². The molecule has 7 heavy (non-hydrogen) atoms. The van der Waals surface area contributed by atoms with E-state index in [2.05, 4.69) is 0 Å². The number of carboxylic acid groups (broad SMARTS) is 1. The Balaban J connectivity index is 3.84. The molecule has 0 radical (unpaired) electrons. The SMILES string of the molecule is [2H][13CH]([13CH3])[13C](=O)[13C](=O)O. The van der Waals surface area contributed by atoms with Crippen LogP contribution < -0.4 is 0 Å². The first-order valence-electron chi connectivity index (χ1n) is 2.33. The first-order valence-corrected chi connectivity index (χ1v) is 1.75. The molecule has 0 aliphatic rings. The molecule has 0 amide bonds. The highest BCUT2D eigenvalue weighted by molar-refractivity contribution is 6.32. The van der Waals surface area contributed by atoms with Crippen LogP contribution in [0.4, 0.5) is 0 Å². The Morgan fingerprint density at radius 1 is 1.86 bits per heavy atom. The van der Waals surface area contributed by atoms with E-state index in [0.717, 1.165) is 0 Å². The number of hydrogen-bond donors (Lipinski definition) is 1. The molecule has 0 heterocycles. The molecule has 0 aliphatic heterocycles. The maximum atomic E-state index is 10.1. The first kappa shape index (κ1) is 4.30. The maximum absolute atomic E-state index is 10.1. The molecule has 1 unspecified atom stereocenters. The fourth-order valence-electron chi connectivity index (χ4n) is 0.123. The molecule has 0 rings (SSSR count). The van der Waals surface area contributed by atoms with Gasteiger partial charge in [0.15, 0.2) is 0 Å². The van der Waals surface area contributed by atoms with Crippen LogP contribution in [0.15, 0.2) is 0 Å². The fourth-order valence-corrected chi connectivity index (χ4v) is 0.123. The second kappa shape index (κ2) is 2.34. The van der Waals surface area contributed by atoms with E-state index in [1.165, 1.54) is 6.92 Å². The molecule has 0 saturated carbocycles. The zero-order chi connectivity index (χ0) is 6.73. The van der Waals surface area contributed by atoms with Crippen molar-refractivity contribution in [2.24, 2.45) is 0 Å². The van der Waals surface area contributed by atoms with Gasteiger partial charge in [0.05, 0.1) is 0 Å². The van der Waals surface area contributed by atoms with Crippen LogP contribution in [0.1, 0.15) is 14.7 Å². The largest absolute Gasteiger partial charge is 0.476 e. The lowest BCUT2D eigenvalue weighted by atomic mass is 11.3. The zero-order valence-corrected chi connectivity index (χ0v) is 3.84. The van der Waals surface area contributed by atoms with Crippen LogP contribution in [-0.4, -0.2) is 16.9 Å². The van der Waals surface area contributed by atoms with E-state index in [1.54, 1.807) is 0 Å². The number of Topliss-reactive ketones (excluding diaryl/α,β-unsaturated/α-hetero) is 1. The lowest BCUT2D eigenvalue weighted by molar-refractivity contribution is -0.148. The summed E-state index contributed by atoms with van der Waals surface area (Å²) in [6.45, 7) is 1.22. The van der Waals surface area contributed by atoms with Crippen LogP contribution >= 0.6 is 0 Å². The van der Waals surface area contributed by atoms with Crippen molar-refractivity contribution in [3.63, 3.8) is 0 Å². The van der Waals surface area contributed by atoms with E-state index < -0.39 is 18.1 Å². The molecule has 0 aromatic carbocycles. The lowest BCUT2D eigenvalue weighted by Gasteiger charge is -1.80. The molecule has 3 nitrogen and oxygen atoms in total. The molecule has 0 bridgehead atoms. The standard InChI is InChI=1S/C4H6O3/c1-2-3(5)4(6)7/h2H2,1H3,(H,6,7)/i1+1,2+1D,3+1,4+1. The van der Waals surface area contributed by atoms with Crippen molar-refractivity contribution >= 4 is 11.8 Å². The minimum atomic E-state index is -1.53. The van der Waals surface area contributed by atoms with E-state index in [0.29, 0.717) is 0 Å². The Morgan fingerprint density at radius 3 is 2.29 bits per heavy atom. The Labute approximate surface area is 42.4 Å². The number of rotatable bonds is 2. The minimum absolute atomic E-state index is 1.06. The molecule has 40 valence electrons. The number of carbonyl (C=O) groups excluding carboxylic acids is 1. The summed E-state index contributed by atoms with van der Waals surface area (Å²) in [5.41, 5.74) is 0. The summed E-state index contributed by atoms with van der Waals surface area (Å²) in [6.07, 6.45) is -1.15. The van der Waals surface area contributed by atoms with Gasteiger partial charge in [-0.2, -0.15) is 0 Å². The van der Waals surface area contributed by atoms with Gasteiger partial charge < -0.3 is 5.11 Å². The average molecular weight is 107 g/mol. The quantitative estimate of drug-likeness (QED) is 0.400. The second-order valence-corrected chi connectivity index (χ2v) is 0.958. The van der Waals surface area contributed by atoms with Crippen molar-refractivity contribution in [2.45, 2.75) is 13.3 Å². The smallest absolute Gasteiger partial charge is 0.372 e. The Kier molecular flexibility index (Phi) is 1.44. The summed E-state index contributed by atoms with van der Waals surface area (Å²) in [4.78, 5) is 19.7. The highest BCUT2D eigenvalue weighted by Crippen LogP contribution is 1.76. The van der Waals surface area contributed by atoms with E-state index in [-0.39, 0.29) is 0 Å². The number of hydrogen-bond acceptors (Lipinski definition) is 2. The van der Waals surface area contributed by atoms with Gasteiger partial charge in [0.2, 0.25) is 5.78 Å². The summed E-state index contributed by atoms with van der Waals surface area (Å²) in [6, 6.07) is 0. The third kappa shape index (κ3) is 1.92. The van der Waals surface area contributed by atoms with Crippen molar-refractivity contribution < 1.29 is 16.1 Å². The van der Waals surface area contributed by atoms with Crippen LogP contribution in [0.25, 0.3) is 0 Å². The van der Waals surface area contributed by atoms with Gasteiger partial charge in [0.25, 0.3) is 0 Å². The van der Waals surface area contributed by atoms with E-state index in [9.17, 15) is 9.59 Å². The highest BCUT2D eigenvalue weighted by atomic mass is 16.5. The van der Waals surface area contributed by atoms with Gasteiger partial charge in [-0.05, 0) is 0 Å². The van der Waals surface area contributed by atoms with E-state index in [4.69, 9.17) is 6.48 Å². The van der Waals surface area contributed by atoms with Crippen LogP contribution in [0, 0.1) is 0 Å². The zero-order valence-electron chi connectivity index (χ0n) is 4.84. The molecule has 3 heteroatoms. The number of carbonyl (C=O) groups is 2. The van der Waals surface area contributed by atoms with Crippen molar-refractivity contribution in [2.75, 3.05) is 0 Å². The molecular weight excluding hydrogens is 100 g/mol. The Bertz CT molecular complexity index is 118. The molecule has 0 aliphatic carbocycles. The van der Waals surface area contributed by atoms with Gasteiger partial charge in [-0.15, -0.1) is 0 Å². The predicted octanol–water partition coefficient (Wildman–Crippen LogP) is 0.0501. The third-order valence-electron chi connectivity index (χ3n) is 0.473. The Morgan fingerprint density at radius 2 is 2.29 bits per heavy atom. The topological polar surface area (TPSA) is 54.4 Å². The molecule has 1 N–H and O–H groups in total. The van der Waals surface area contributed by atoms with E-state index >= 15 is 0 Å². The molecule has 0 aromatic heterocycles. The van der Waals surface area contributed by atoms with Gasteiger partial charge >= 0.3 is 5.97 Å². The molecule has 0 fully saturated rings. The summed E-state index contributed by atoms with van der Waals surface area (Å²) >= 11 is 0. The van der Waals surface area contributed by atoms with Gasteiger partial charge in [0, 0.05) is 7.77 Å². The minimum Gasteiger partial charge on any atom is -0.476 e. The predicted molar refractivity (Wildman–Crippen MR) is 22.9 cm³/mol. The molecule has 0 saturated heterocycles. The van der Waals surface area contributed by atoms with E-state index in [1.807, 2.05) is 0 Å². The summed E-state index contributed by atoms with van der Waals surface area (Å²) in [5, 5.41) is 7.88. The number of carboxylic acids is 1. The van der Waals surface area contributed by atoms with Crippen LogP contribution in [0.5, 0.6) is 0 Å². The van der Waals surface area contributed by atoms with Gasteiger partial charge in [-0.1, -0.05) is 6.92 Å². The second-order valence-electron chi connectivity index (χ2n) is 0.958. The van der Waals surface area contributed by atoms with Crippen LogP contribution in [0.2, 0.25) is 0 Å². The van der Waals surface area contributed by atoms with Crippen molar-refractivity contribution in [1.82, 2.24) is 0 Å². The number of ketones is 1. The van der Waals surface area contributed by atoms with Crippen LogP contribution in [0.3, 0.4) is 0 Å². The van der Waals surface area contributed by atoms with Crippen molar-refractivity contribution in [1.29, 1.82) is 0 Å². The van der Waals surface area contributed by atoms with Gasteiger partial charge in [-0.3, -0.25) is 4.79 Å². The van der Waals surface area contributed by atoms with Crippen molar-refractivity contribution in [3.05, 3.63) is 0 Å². The van der Waals surface area contributed by atoms with Crippen LogP contribution in [-0.2, 0) is 9.59 Å². The highest BCUT2D eigenvalue weighted by Gasteiger charge is 2.05. The monoisotopic (exact) mass is 107 g/mol. The third-order valence-corrected chi connectivity index (χ3v) is 0.473. The average Bonchev–Trinajstić information content (AvgIpc) is 1.64.